The smallest absolute Gasteiger partial charge is 0.0366 e. The molecular formula is C18H24N2. The predicted molar refractivity (Wildman–Crippen MR) is 88.6 cm³/mol. The number of hydrogen-bond acceptors (Lipinski definition) is 2. The summed E-state index contributed by atoms with van der Waals surface area (Å²) in [6.07, 6.45) is 1.14. The number of aryl methyl sites for hydroxylation is 1. The average Bonchev–Trinajstić information content (AvgIpc) is 2.50. The molecule has 0 aliphatic carbocycles. The average molecular weight is 268 g/mol. The molecule has 0 aromatic heterocycles. The number of hydrogen-bond donors (Lipinski definition) is 1. The van der Waals surface area contributed by atoms with E-state index in [1.54, 1.807) is 0 Å². The van der Waals surface area contributed by atoms with Crippen molar-refractivity contribution in [3.63, 3.8) is 0 Å². The fourth-order valence-electron chi connectivity index (χ4n) is 2.28. The Balaban J connectivity index is 1.78. The monoisotopic (exact) mass is 268 g/mol. The van der Waals surface area contributed by atoms with Crippen molar-refractivity contribution in [2.24, 2.45) is 0 Å². The van der Waals surface area contributed by atoms with Crippen molar-refractivity contribution < 1.29 is 0 Å². The van der Waals surface area contributed by atoms with Crippen molar-refractivity contribution in [1.29, 1.82) is 0 Å². The van der Waals surface area contributed by atoms with E-state index in [4.69, 9.17) is 0 Å². The highest BCUT2D eigenvalue weighted by Gasteiger charge is 2.03. The van der Waals surface area contributed by atoms with Gasteiger partial charge in [-0.15, -0.1) is 0 Å². The topological polar surface area (TPSA) is 15.3 Å². The third kappa shape index (κ3) is 4.30. The molecule has 0 bridgehead atoms. The maximum atomic E-state index is 3.46. The van der Waals surface area contributed by atoms with Crippen LogP contribution >= 0.6 is 0 Å². The summed E-state index contributed by atoms with van der Waals surface area (Å²) in [6, 6.07) is 19.2. The summed E-state index contributed by atoms with van der Waals surface area (Å²) in [5.74, 6) is 0. The number of nitrogens with one attached hydrogen (secondary N) is 1. The van der Waals surface area contributed by atoms with Gasteiger partial charge in [0.1, 0.15) is 0 Å². The summed E-state index contributed by atoms with van der Waals surface area (Å²) >= 11 is 0. The second-order valence-electron chi connectivity index (χ2n) is 5.06. The minimum Gasteiger partial charge on any atom is -0.385 e. The van der Waals surface area contributed by atoms with Gasteiger partial charge in [-0.2, -0.15) is 0 Å². The number of anilines is 2. The van der Waals surface area contributed by atoms with E-state index in [1.807, 2.05) is 6.07 Å². The van der Waals surface area contributed by atoms with Gasteiger partial charge in [0, 0.05) is 31.0 Å². The van der Waals surface area contributed by atoms with Crippen LogP contribution in [0.2, 0.25) is 0 Å². The molecule has 1 N–H and O–H groups in total. The molecule has 0 atom stereocenters. The minimum atomic E-state index is 1.01. The Hall–Kier alpha value is -1.96. The molecule has 0 aliphatic heterocycles. The molecule has 2 aromatic rings. The fourth-order valence-corrected chi connectivity index (χ4v) is 2.28. The predicted octanol–water partition coefficient (Wildman–Crippen LogP) is 4.32. The SMILES string of the molecule is CCN(CCCNc1ccccc1)c1ccc(C)cc1. The molecule has 0 fully saturated rings. The largest absolute Gasteiger partial charge is 0.385 e. The zero-order chi connectivity index (χ0) is 14.2. The molecule has 0 spiro atoms. The minimum absolute atomic E-state index is 1.01. The summed E-state index contributed by atoms with van der Waals surface area (Å²) in [5.41, 5.74) is 3.83. The van der Waals surface area contributed by atoms with Crippen LogP contribution in [0.5, 0.6) is 0 Å². The molecule has 0 aliphatic rings. The highest BCUT2D eigenvalue weighted by molar-refractivity contribution is 5.47. The Morgan fingerprint density at radius 1 is 0.950 bits per heavy atom. The first-order valence-electron chi connectivity index (χ1n) is 7.40. The van der Waals surface area contributed by atoms with Gasteiger partial charge in [0.25, 0.3) is 0 Å². The first kappa shape index (κ1) is 14.4. The Kier molecular flexibility index (Phi) is 5.48. The Bertz CT molecular complexity index is 491. The van der Waals surface area contributed by atoms with Crippen LogP contribution in [0.4, 0.5) is 11.4 Å². The van der Waals surface area contributed by atoms with Gasteiger partial charge in [-0.1, -0.05) is 35.9 Å². The van der Waals surface area contributed by atoms with Crippen LogP contribution in [-0.2, 0) is 0 Å². The van der Waals surface area contributed by atoms with Crippen molar-refractivity contribution in [2.75, 3.05) is 29.9 Å². The van der Waals surface area contributed by atoms with Gasteiger partial charge < -0.3 is 10.2 Å². The van der Waals surface area contributed by atoms with Gasteiger partial charge in [0.2, 0.25) is 0 Å². The normalized spacial score (nSPS) is 10.3. The summed E-state index contributed by atoms with van der Waals surface area (Å²) in [5, 5.41) is 3.46. The van der Waals surface area contributed by atoms with Crippen molar-refractivity contribution in [2.45, 2.75) is 20.3 Å². The molecule has 2 heteroatoms. The molecule has 0 amide bonds. The zero-order valence-electron chi connectivity index (χ0n) is 12.5. The van der Waals surface area contributed by atoms with Crippen LogP contribution in [0.25, 0.3) is 0 Å². The van der Waals surface area contributed by atoms with E-state index in [1.165, 1.54) is 16.9 Å². The van der Waals surface area contributed by atoms with Gasteiger partial charge in [-0.25, -0.2) is 0 Å². The van der Waals surface area contributed by atoms with E-state index in [0.717, 1.165) is 26.1 Å². The molecular weight excluding hydrogens is 244 g/mol. The highest BCUT2D eigenvalue weighted by atomic mass is 15.1. The third-order valence-corrected chi connectivity index (χ3v) is 3.49. The molecule has 2 rings (SSSR count). The Morgan fingerprint density at radius 2 is 1.65 bits per heavy atom. The summed E-state index contributed by atoms with van der Waals surface area (Å²) < 4.78 is 0. The van der Waals surface area contributed by atoms with Crippen molar-refractivity contribution in [1.82, 2.24) is 0 Å². The standard InChI is InChI=1S/C18H24N2/c1-3-20(18-12-10-16(2)11-13-18)15-7-14-19-17-8-5-4-6-9-17/h4-6,8-13,19H,3,7,14-15H2,1-2H3. The molecule has 20 heavy (non-hydrogen) atoms. The van der Waals surface area contributed by atoms with Crippen LogP contribution in [0, 0.1) is 6.92 Å². The molecule has 0 radical (unpaired) electrons. The van der Waals surface area contributed by atoms with E-state index in [0.29, 0.717) is 0 Å². The van der Waals surface area contributed by atoms with Gasteiger partial charge >= 0.3 is 0 Å². The third-order valence-electron chi connectivity index (χ3n) is 3.49. The van der Waals surface area contributed by atoms with Crippen LogP contribution in [0.3, 0.4) is 0 Å². The fraction of sp³-hybridized carbons (Fsp3) is 0.333. The maximum absolute atomic E-state index is 3.46. The van der Waals surface area contributed by atoms with E-state index >= 15 is 0 Å². The Morgan fingerprint density at radius 3 is 2.30 bits per heavy atom. The first-order valence-corrected chi connectivity index (χ1v) is 7.40. The van der Waals surface area contributed by atoms with Gasteiger partial charge in [0.15, 0.2) is 0 Å². The number of rotatable bonds is 7. The zero-order valence-corrected chi connectivity index (χ0v) is 12.5. The van der Waals surface area contributed by atoms with E-state index in [9.17, 15) is 0 Å². The molecule has 0 saturated carbocycles. The first-order chi connectivity index (χ1) is 9.79. The second-order valence-corrected chi connectivity index (χ2v) is 5.06. The van der Waals surface area contributed by atoms with Crippen LogP contribution in [-0.4, -0.2) is 19.6 Å². The molecule has 0 unspecified atom stereocenters. The summed E-state index contributed by atoms with van der Waals surface area (Å²) in [4.78, 5) is 2.42. The molecule has 2 aromatic carbocycles. The van der Waals surface area contributed by atoms with E-state index < -0.39 is 0 Å². The molecule has 0 saturated heterocycles. The van der Waals surface area contributed by atoms with Crippen LogP contribution in [0.15, 0.2) is 54.6 Å². The van der Waals surface area contributed by atoms with E-state index in [2.05, 4.69) is 72.6 Å². The van der Waals surface area contributed by atoms with Crippen molar-refractivity contribution in [3.8, 4) is 0 Å². The second kappa shape index (κ2) is 7.59. The quantitative estimate of drug-likeness (QED) is 0.752. The maximum Gasteiger partial charge on any atom is 0.0366 e. The summed E-state index contributed by atoms with van der Waals surface area (Å²) in [6.45, 7) is 7.48. The summed E-state index contributed by atoms with van der Waals surface area (Å²) in [7, 11) is 0. The lowest BCUT2D eigenvalue weighted by Crippen LogP contribution is -2.25. The van der Waals surface area contributed by atoms with Gasteiger partial charge in [0.05, 0.1) is 0 Å². The highest BCUT2D eigenvalue weighted by Crippen LogP contribution is 2.15. The lowest BCUT2D eigenvalue weighted by atomic mass is 10.2. The van der Waals surface area contributed by atoms with Crippen LogP contribution < -0.4 is 10.2 Å². The number of nitrogens with zero attached hydrogens (tertiary/aromatic N) is 1. The lowest BCUT2D eigenvalue weighted by molar-refractivity contribution is 0.769. The van der Waals surface area contributed by atoms with Crippen LogP contribution in [0.1, 0.15) is 18.9 Å². The number of benzene rings is 2. The van der Waals surface area contributed by atoms with Crippen molar-refractivity contribution in [3.05, 3.63) is 60.2 Å². The lowest BCUT2D eigenvalue weighted by Gasteiger charge is -2.23. The van der Waals surface area contributed by atoms with Gasteiger partial charge in [-0.05, 0) is 44.5 Å². The van der Waals surface area contributed by atoms with Crippen molar-refractivity contribution >= 4 is 11.4 Å². The number of para-hydroxylation sites is 1. The molecule has 0 heterocycles. The van der Waals surface area contributed by atoms with E-state index in [-0.39, 0.29) is 0 Å². The van der Waals surface area contributed by atoms with Gasteiger partial charge in [-0.3, -0.25) is 0 Å². The molecule has 106 valence electrons. The molecule has 2 nitrogen and oxygen atoms in total. The Labute approximate surface area is 122 Å².